The predicted octanol–water partition coefficient (Wildman–Crippen LogP) is 5.46. The van der Waals surface area contributed by atoms with E-state index in [1.807, 2.05) is 0 Å². The molecule has 0 bridgehead atoms. The normalized spacial score (nSPS) is 12.6. The first-order valence-electron chi connectivity index (χ1n) is 7.23. The molecule has 0 saturated heterocycles. The molecule has 0 aromatic heterocycles. The molecular formula is C16H26BrN. The number of unbranched alkanes of at least 4 members (excludes halogenated alkanes) is 5. The van der Waals surface area contributed by atoms with Crippen molar-refractivity contribution < 1.29 is 0 Å². The first kappa shape index (κ1) is 15.7. The van der Waals surface area contributed by atoms with Crippen molar-refractivity contribution >= 4 is 15.9 Å². The summed E-state index contributed by atoms with van der Waals surface area (Å²) in [6.45, 7) is 5.63. The maximum atomic E-state index is 3.59. The fraction of sp³-hybridized carbons (Fsp3) is 0.625. The van der Waals surface area contributed by atoms with Crippen LogP contribution in [0.1, 0.15) is 64.0 Å². The molecule has 102 valence electrons. The lowest BCUT2D eigenvalue weighted by atomic mass is 10.1. The van der Waals surface area contributed by atoms with Gasteiger partial charge < -0.3 is 5.32 Å². The van der Waals surface area contributed by atoms with Crippen LogP contribution < -0.4 is 5.32 Å². The number of nitrogens with one attached hydrogen (secondary N) is 1. The zero-order valence-electron chi connectivity index (χ0n) is 11.7. The summed E-state index contributed by atoms with van der Waals surface area (Å²) in [5.74, 6) is 0. The maximum absolute atomic E-state index is 3.59. The Morgan fingerprint density at radius 3 is 2.28 bits per heavy atom. The lowest BCUT2D eigenvalue weighted by Crippen LogP contribution is -2.19. The van der Waals surface area contributed by atoms with Crippen molar-refractivity contribution in [1.29, 1.82) is 0 Å². The van der Waals surface area contributed by atoms with Gasteiger partial charge in [-0.2, -0.15) is 0 Å². The van der Waals surface area contributed by atoms with Crippen LogP contribution in [0.2, 0.25) is 0 Å². The van der Waals surface area contributed by atoms with Crippen molar-refractivity contribution in [3.63, 3.8) is 0 Å². The average molecular weight is 312 g/mol. The van der Waals surface area contributed by atoms with Gasteiger partial charge in [-0.05, 0) is 37.6 Å². The molecule has 0 saturated carbocycles. The third-order valence-corrected chi connectivity index (χ3v) is 3.88. The molecule has 0 radical (unpaired) electrons. The van der Waals surface area contributed by atoms with Crippen molar-refractivity contribution in [2.45, 2.75) is 58.4 Å². The van der Waals surface area contributed by atoms with Gasteiger partial charge in [-0.15, -0.1) is 0 Å². The minimum absolute atomic E-state index is 0.453. The van der Waals surface area contributed by atoms with Crippen LogP contribution in [-0.2, 0) is 0 Å². The second-order valence-corrected chi connectivity index (χ2v) is 5.91. The van der Waals surface area contributed by atoms with Crippen LogP contribution in [0.25, 0.3) is 0 Å². The zero-order chi connectivity index (χ0) is 13.2. The van der Waals surface area contributed by atoms with E-state index in [0.717, 1.165) is 11.0 Å². The van der Waals surface area contributed by atoms with Gasteiger partial charge in [0.1, 0.15) is 0 Å². The Kier molecular flexibility index (Phi) is 8.36. The van der Waals surface area contributed by atoms with E-state index >= 15 is 0 Å². The summed E-state index contributed by atoms with van der Waals surface area (Å²) >= 11 is 3.47. The van der Waals surface area contributed by atoms with E-state index in [4.69, 9.17) is 0 Å². The Morgan fingerprint density at radius 2 is 1.61 bits per heavy atom. The summed E-state index contributed by atoms with van der Waals surface area (Å²) in [7, 11) is 0. The van der Waals surface area contributed by atoms with Crippen molar-refractivity contribution in [2.75, 3.05) is 6.54 Å². The number of halogens is 1. The van der Waals surface area contributed by atoms with Gasteiger partial charge in [-0.3, -0.25) is 0 Å². The second-order valence-electron chi connectivity index (χ2n) is 5.00. The minimum atomic E-state index is 0.453. The van der Waals surface area contributed by atoms with Gasteiger partial charge in [0.15, 0.2) is 0 Å². The molecule has 0 aliphatic carbocycles. The number of hydrogen-bond acceptors (Lipinski definition) is 1. The molecule has 1 aromatic carbocycles. The van der Waals surface area contributed by atoms with E-state index < -0.39 is 0 Å². The Labute approximate surface area is 120 Å². The highest BCUT2D eigenvalue weighted by Crippen LogP contribution is 2.16. The molecule has 1 unspecified atom stereocenters. The minimum Gasteiger partial charge on any atom is -0.310 e. The standard InChI is InChI=1S/C16H26BrN/c1-3-4-5-6-7-8-13-18-14(2)15-9-11-16(17)12-10-15/h9-12,14,18H,3-8,13H2,1-2H3. The van der Waals surface area contributed by atoms with Crippen LogP contribution >= 0.6 is 15.9 Å². The van der Waals surface area contributed by atoms with E-state index in [9.17, 15) is 0 Å². The Balaban J connectivity index is 2.10. The monoisotopic (exact) mass is 311 g/mol. The van der Waals surface area contributed by atoms with Gasteiger partial charge >= 0.3 is 0 Å². The summed E-state index contributed by atoms with van der Waals surface area (Å²) in [5, 5.41) is 3.59. The van der Waals surface area contributed by atoms with E-state index in [-0.39, 0.29) is 0 Å². The fourth-order valence-corrected chi connectivity index (χ4v) is 2.36. The number of hydrogen-bond donors (Lipinski definition) is 1. The second kappa shape index (κ2) is 9.57. The zero-order valence-corrected chi connectivity index (χ0v) is 13.3. The van der Waals surface area contributed by atoms with Crippen LogP contribution in [0.3, 0.4) is 0 Å². The third-order valence-electron chi connectivity index (χ3n) is 3.35. The Bertz CT molecular complexity index is 307. The van der Waals surface area contributed by atoms with Gasteiger partial charge in [-0.1, -0.05) is 67.1 Å². The molecule has 1 N–H and O–H groups in total. The van der Waals surface area contributed by atoms with Crippen molar-refractivity contribution in [1.82, 2.24) is 5.32 Å². The molecule has 1 nitrogen and oxygen atoms in total. The van der Waals surface area contributed by atoms with Gasteiger partial charge in [0.05, 0.1) is 0 Å². The molecule has 0 fully saturated rings. The summed E-state index contributed by atoms with van der Waals surface area (Å²) < 4.78 is 1.15. The molecule has 0 aliphatic heterocycles. The SMILES string of the molecule is CCCCCCCCNC(C)c1ccc(Br)cc1. The smallest absolute Gasteiger partial charge is 0.0291 e. The largest absolute Gasteiger partial charge is 0.310 e. The summed E-state index contributed by atoms with van der Waals surface area (Å²) in [4.78, 5) is 0. The number of benzene rings is 1. The molecule has 18 heavy (non-hydrogen) atoms. The molecule has 1 rings (SSSR count). The van der Waals surface area contributed by atoms with E-state index in [2.05, 4.69) is 59.4 Å². The molecule has 2 heteroatoms. The van der Waals surface area contributed by atoms with Gasteiger partial charge in [0.2, 0.25) is 0 Å². The Morgan fingerprint density at radius 1 is 1.00 bits per heavy atom. The highest BCUT2D eigenvalue weighted by atomic mass is 79.9. The van der Waals surface area contributed by atoms with Crippen LogP contribution in [0.15, 0.2) is 28.7 Å². The molecule has 0 heterocycles. The van der Waals surface area contributed by atoms with Crippen molar-refractivity contribution in [3.05, 3.63) is 34.3 Å². The molecule has 1 aromatic rings. The number of rotatable bonds is 9. The lowest BCUT2D eigenvalue weighted by Gasteiger charge is -2.14. The molecular weight excluding hydrogens is 286 g/mol. The Hall–Kier alpha value is -0.340. The predicted molar refractivity (Wildman–Crippen MR) is 83.9 cm³/mol. The topological polar surface area (TPSA) is 12.0 Å². The lowest BCUT2D eigenvalue weighted by molar-refractivity contribution is 0.527. The average Bonchev–Trinajstić information content (AvgIpc) is 2.38. The van der Waals surface area contributed by atoms with Crippen molar-refractivity contribution in [2.24, 2.45) is 0 Å². The van der Waals surface area contributed by atoms with Crippen LogP contribution in [-0.4, -0.2) is 6.54 Å². The van der Waals surface area contributed by atoms with Crippen LogP contribution in [0, 0.1) is 0 Å². The summed E-state index contributed by atoms with van der Waals surface area (Å²) in [5.41, 5.74) is 1.36. The maximum Gasteiger partial charge on any atom is 0.0291 e. The summed E-state index contributed by atoms with van der Waals surface area (Å²) in [6.07, 6.45) is 8.17. The van der Waals surface area contributed by atoms with E-state index in [0.29, 0.717) is 6.04 Å². The molecule has 0 amide bonds. The summed E-state index contributed by atoms with van der Waals surface area (Å²) in [6, 6.07) is 9.04. The highest BCUT2D eigenvalue weighted by Gasteiger charge is 2.03. The quantitative estimate of drug-likeness (QED) is 0.597. The van der Waals surface area contributed by atoms with Crippen LogP contribution in [0.5, 0.6) is 0 Å². The van der Waals surface area contributed by atoms with Gasteiger partial charge in [0, 0.05) is 10.5 Å². The van der Waals surface area contributed by atoms with E-state index in [1.165, 1.54) is 44.1 Å². The van der Waals surface area contributed by atoms with Gasteiger partial charge in [-0.25, -0.2) is 0 Å². The van der Waals surface area contributed by atoms with Gasteiger partial charge in [0.25, 0.3) is 0 Å². The first-order chi connectivity index (χ1) is 8.74. The third kappa shape index (κ3) is 6.55. The first-order valence-corrected chi connectivity index (χ1v) is 8.02. The molecule has 1 atom stereocenters. The fourth-order valence-electron chi connectivity index (χ4n) is 2.09. The molecule has 0 aliphatic rings. The molecule has 0 spiro atoms. The van der Waals surface area contributed by atoms with Crippen LogP contribution in [0.4, 0.5) is 0 Å². The van der Waals surface area contributed by atoms with Crippen molar-refractivity contribution in [3.8, 4) is 0 Å². The highest BCUT2D eigenvalue weighted by molar-refractivity contribution is 9.10. The van der Waals surface area contributed by atoms with E-state index in [1.54, 1.807) is 0 Å².